The number of carbonyl (C=O) groups is 1. The third-order valence-corrected chi connectivity index (χ3v) is 10.7. The van der Waals surface area contributed by atoms with E-state index in [2.05, 4.69) is 148 Å². The second kappa shape index (κ2) is 47.1. The highest BCUT2D eigenvalue weighted by atomic mass is 31.2. The number of hydrogen-bond acceptors (Lipinski definition) is 6. The number of esters is 1. The summed E-state index contributed by atoms with van der Waals surface area (Å²) in [6.45, 7) is 5.25. The average molecular weight is 923 g/mol. The van der Waals surface area contributed by atoms with E-state index in [1.807, 2.05) is 21.1 Å². The van der Waals surface area contributed by atoms with E-state index in [4.69, 9.17) is 18.5 Å². The molecule has 0 saturated heterocycles. The molecule has 0 aromatic carbocycles. The van der Waals surface area contributed by atoms with Crippen LogP contribution in [0.4, 0.5) is 0 Å². The number of unbranched alkanes of at least 4 members (excludes halogenated alkanes) is 8. The third-order valence-electron chi connectivity index (χ3n) is 9.71. The molecule has 0 bridgehead atoms. The van der Waals surface area contributed by atoms with Gasteiger partial charge in [-0.15, -0.1) is 0 Å². The molecule has 0 aromatic rings. The van der Waals surface area contributed by atoms with Gasteiger partial charge in [0.1, 0.15) is 19.3 Å². The Morgan fingerprint density at radius 1 is 0.477 bits per heavy atom. The van der Waals surface area contributed by atoms with Gasteiger partial charge in [0.15, 0.2) is 0 Å². The summed E-state index contributed by atoms with van der Waals surface area (Å²) in [4.78, 5) is 23.0. The summed E-state index contributed by atoms with van der Waals surface area (Å²) in [6.07, 6.45) is 69.2. The average Bonchev–Trinajstić information content (AvgIpc) is 3.27. The maximum Gasteiger partial charge on any atom is 0.472 e. The number of quaternary nitrogens is 1. The molecule has 0 spiro atoms. The normalized spacial score (nSPS) is 14.7. The molecule has 0 radical (unpaired) electrons. The lowest BCUT2D eigenvalue weighted by atomic mass is 10.1. The summed E-state index contributed by atoms with van der Waals surface area (Å²) in [6, 6.07) is 0. The van der Waals surface area contributed by atoms with E-state index in [9.17, 15) is 14.3 Å². The molecule has 0 fully saturated rings. The fraction of sp³-hybridized carbons (Fsp3) is 0.589. The zero-order valence-electron chi connectivity index (χ0n) is 41.7. The zero-order chi connectivity index (χ0) is 47.6. The number of phosphoric acid groups is 1. The van der Waals surface area contributed by atoms with E-state index in [0.717, 1.165) is 135 Å². The summed E-state index contributed by atoms with van der Waals surface area (Å²) in [5.41, 5.74) is 0. The SMILES string of the molecule is CC/C=C\C/C=C\C/C=C\C/C=C\C/C=C\C/C=C\CCCCCCC(=O)OC(COCCCCCC/C=C\C/C=C\C/C=C\C/C=C\C/C=C\CC)COP(=O)(O)OCC[N+](C)(C)C. The second-order valence-corrected chi connectivity index (χ2v) is 18.5. The molecule has 2 unspecified atom stereocenters. The Bertz CT molecular complexity index is 1490. The first-order chi connectivity index (χ1) is 31.6. The van der Waals surface area contributed by atoms with Crippen molar-refractivity contribution in [3.05, 3.63) is 134 Å². The topological polar surface area (TPSA) is 91.3 Å². The molecule has 0 aliphatic rings. The summed E-state index contributed by atoms with van der Waals surface area (Å²) < 4.78 is 35.1. The van der Waals surface area contributed by atoms with Crippen LogP contribution in [0.15, 0.2) is 134 Å². The molecule has 9 heteroatoms. The van der Waals surface area contributed by atoms with Crippen LogP contribution in [-0.2, 0) is 27.9 Å². The van der Waals surface area contributed by atoms with E-state index in [0.29, 0.717) is 17.6 Å². The van der Waals surface area contributed by atoms with Gasteiger partial charge in [0.25, 0.3) is 0 Å². The number of carbonyl (C=O) groups excluding carboxylic acids is 1. The highest BCUT2D eigenvalue weighted by Gasteiger charge is 2.26. The smallest absolute Gasteiger partial charge is 0.457 e. The van der Waals surface area contributed by atoms with Crippen molar-refractivity contribution in [2.45, 2.75) is 161 Å². The fourth-order valence-electron chi connectivity index (χ4n) is 5.93. The largest absolute Gasteiger partial charge is 0.472 e. The van der Waals surface area contributed by atoms with Gasteiger partial charge < -0.3 is 18.9 Å². The molecule has 2 atom stereocenters. The Kier molecular flexibility index (Phi) is 44.7. The van der Waals surface area contributed by atoms with Gasteiger partial charge in [0, 0.05) is 13.0 Å². The first-order valence-corrected chi connectivity index (χ1v) is 26.4. The first-order valence-electron chi connectivity index (χ1n) is 24.9. The van der Waals surface area contributed by atoms with Crippen molar-refractivity contribution >= 4 is 13.8 Å². The van der Waals surface area contributed by atoms with Crippen molar-refractivity contribution in [1.29, 1.82) is 0 Å². The number of ether oxygens (including phenoxy) is 2. The molecule has 8 nitrogen and oxygen atoms in total. The minimum Gasteiger partial charge on any atom is -0.457 e. The van der Waals surface area contributed by atoms with Crippen LogP contribution in [0.2, 0.25) is 0 Å². The van der Waals surface area contributed by atoms with Gasteiger partial charge in [0.2, 0.25) is 0 Å². The fourth-order valence-corrected chi connectivity index (χ4v) is 6.68. The van der Waals surface area contributed by atoms with Crippen LogP contribution < -0.4 is 0 Å². The number of nitrogens with zero attached hydrogens (tertiary/aromatic N) is 1. The highest BCUT2D eigenvalue weighted by molar-refractivity contribution is 7.47. The van der Waals surface area contributed by atoms with Gasteiger partial charge in [-0.25, -0.2) is 4.57 Å². The molecule has 0 heterocycles. The van der Waals surface area contributed by atoms with Crippen molar-refractivity contribution < 1.29 is 37.3 Å². The lowest BCUT2D eigenvalue weighted by molar-refractivity contribution is -0.870. The summed E-state index contributed by atoms with van der Waals surface area (Å²) in [7, 11) is 1.60. The Morgan fingerprint density at radius 3 is 1.25 bits per heavy atom. The molecular weight excluding hydrogens is 830 g/mol. The van der Waals surface area contributed by atoms with Crippen LogP contribution in [0.5, 0.6) is 0 Å². The Hall–Kier alpha value is -3.36. The predicted molar refractivity (Wildman–Crippen MR) is 279 cm³/mol. The number of rotatable bonds is 44. The molecule has 368 valence electrons. The van der Waals surface area contributed by atoms with E-state index in [-0.39, 0.29) is 32.2 Å². The molecule has 0 aromatic heterocycles. The van der Waals surface area contributed by atoms with Crippen LogP contribution in [-0.4, -0.2) is 75.6 Å². The molecule has 65 heavy (non-hydrogen) atoms. The second-order valence-electron chi connectivity index (χ2n) is 17.1. The van der Waals surface area contributed by atoms with Crippen LogP contribution in [0, 0.1) is 0 Å². The number of hydrogen-bond donors (Lipinski definition) is 1. The first kappa shape index (κ1) is 61.6. The van der Waals surface area contributed by atoms with Gasteiger partial charge in [-0.05, 0) is 109 Å². The number of phosphoric ester groups is 1. The Morgan fingerprint density at radius 2 is 0.846 bits per heavy atom. The van der Waals surface area contributed by atoms with Crippen LogP contribution in [0.1, 0.15) is 155 Å². The molecule has 0 saturated carbocycles. The van der Waals surface area contributed by atoms with E-state index in [1.165, 1.54) is 0 Å². The van der Waals surface area contributed by atoms with Crippen molar-refractivity contribution in [3.63, 3.8) is 0 Å². The Balaban J connectivity index is 4.33. The van der Waals surface area contributed by atoms with E-state index < -0.39 is 13.9 Å². The lowest BCUT2D eigenvalue weighted by Gasteiger charge is -2.24. The van der Waals surface area contributed by atoms with Gasteiger partial charge in [-0.2, -0.15) is 0 Å². The van der Waals surface area contributed by atoms with Crippen molar-refractivity contribution in [1.82, 2.24) is 0 Å². The van der Waals surface area contributed by atoms with Crippen LogP contribution in [0.25, 0.3) is 0 Å². The van der Waals surface area contributed by atoms with Gasteiger partial charge in [-0.1, -0.05) is 173 Å². The monoisotopic (exact) mass is 923 g/mol. The Labute approximate surface area is 398 Å². The van der Waals surface area contributed by atoms with Gasteiger partial charge in [-0.3, -0.25) is 13.8 Å². The minimum absolute atomic E-state index is 0.0689. The van der Waals surface area contributed by atoms with Crippen LogP contribution in [0.3, 0.4) is 0 Å². The summed E-state index contributed by atoms with van der Waals surface area (Å²) >= 11 is 0. The zero-order valence-corrected chi connectivity index (χ0v) is 42.6. The van der Waals surface area contributed by atoms with Crippen molar-refractivity contribution in [2.75, 3.05) is 54.1 Å². The maximum absolute atomic E-state index is 12.8. The molecule has 0 aliphatic heterocycles. The highest BCUT2D eigenvalue weighted by Crippen LogP contribution is 2.43. The van der Waals surface area contributed by atoms with E-state index >= 15 is 0 Å². The van der Waals surface area contributed by atoms with Crippen LogP contribution >= 0.6 is 7.82 Å². The summed E-state index contributed by atoms with van der Waals surface area (Å²) in [5.74, 6) is -0.354. The van der Waals surface area contributed by atoms with Crippen molar-refractivity contribution in [3.8, 4) is 0 Å². The molecule has 0 rings (SSSR count). The standard InChI is InChI=1S/C56H92NO7P/c1-6-8-10-12-14-16-18-20-22-24-26-28-29-30-31-33-35-37-39-41-43-45-47-49-56(58)64-55(54-63-65(59,60)62-52-50-57(3,4)5)53-61-51-48-46-44-42-40-38-36-34-32-27-25-23-21-19-17-15-13-11-9-7-2/h8-11,14-17,20-23,26-28,30-32,35-38,55H,6-7,12-13,18-19,24-25,29,33-34,39-54H2,1-5H3/p+1/b10-8-,11-9-,16-14-,17-15-,22-20-,23-21-,28-26-,31-30-,32-27-,37-35-,38-36-. The lowest BCUT2D eigenvalue weighted by Crippen LogP contribution is -2.37. The van der Waals surface area contributed by atoms with Gasteiger partial charge in [0.05, 0.1) is 34.4 Å². The molecule has 1 N–H and O–H groups in total. The molecule has 0 aliphatic carbocycles. The number of allylic oxidation sites excluding steroid dienone is 22. The molecule has 0 amide bonds. The molecular formula is C56H93NO7P+. The number of likely N-dealkylation sites (N-methyl/N-ethyl adjacent to an activating group) is 1. The van der Waals surface area contributed by atoms with Gasteiger partial charge >= 0.3 is 13.8 Å². The van der Waals surface area contributed by atoms with E-state index in [1.54, 1.807) is 0 Å². The minimum atomic E-state index is -4.31. The van der Waals surface area contributed by atoms with Crippen molar-refractivity contribution in [2.24, 2.45) is 0 Å². The third kappa shape index (κ3) is 51.5. The predicted octanol–water partition coefficient (Wildman–Crippen LogP) is 15.5. The maximum atomic E-state index is 12.8. The summed E-state index contributed by atoms with van der Waals surface area (Å²) in [5, 5.41) is 0. The quantitative estimate of drug-likeness (QED) is 0.0214.